The third-order valence-corrected chi connectivity index (χ3v) is 6.64. The topological polar surface area (TPSA) is 60.1 Å². The average molecular weight is 511 g/mol. The molecule has 6 nitrogen and oxygen atoms in total. The molecule has 0 radical (unpaired) electrons. The molecule has 37 heavy (non-hydrogen) atoms. The Morgan fingerprint density at radius 3 is 2.41 bits per heavy atom. The van der Waals surface area contributed by atoms with Crippen molar-refractivity contribution in [2.24, 2.45) is 7.05 Å². The molecule has 0 N–H and O–H groups in total. The smallest absolute Gasteiger partial charge is 0.347 e. The molecule has 0 spiro atoms. The molecule has 194 valence electrons. The minimum absolute atomic E-state index is 0.0568. The van der Waals surface area contributed by atoms with Gasteiger partial charge < -0.3 is 9.47 Å². The Kier molecular flexibility index (Phi) is 7.25. The number of fused-ring (bicyclic) bond motifs is 3. The summed E-state index contributed by atoms with van der Waals surface area (Å²) in [6.07, 6.45) is -0.0176. The van der Waals surface area contributed by atoms with Gasteiger partial charge in [-0.15, -0.1) is 0 Å². The van der Waals surface area contributed by atoms with Crippen molar-refractivity contribution in [1.29, 1.82) is 0 Å². The van der Waals surface area contributed by atoms with Gasteiger partial charge in [0.15, 0.2) is 0 Å². The molecule has 1 aliphatic rings. The van der Waals surface area contributed by atoms with Crippen LogP contribution in [0.4, 0.5) is 13.2 Å². The lowest BCUT2D eigenvalue weighted by Crippen LogP contribution is -2.28. The van der Waals surface area contributed by atoms with Crippen LogP contribution in [-0.4, -0.2) is 31.5 Å². The van der Waals surface area contributed by atoms with Gasteiger partial charge in [0, 0.05) is 67.7 Å². The second-order valence-corrected chi connectivity index (χ2v) is 8.78. The Bertz CT molecular complexity index is 1500. The quantitative estimate of drug-likeness (QED) is 0.346. The van der Waals surface area contributed by atoms with Crippen molar-refractivity contribution in [3.63, 3.8) is 0 Å². The zero-order valence-electron chi connectivity index (χ0n) is 21.3. The Morgan fingerprint density at radius 1 is 1.03 bits per heavy atom. The van der Waals surface area contributed by atoms with E-state index in [0.717, 1.165) is 48.1 Å². The summed E-state index contributed by atoms with van der Waals surface area (Å²) < 4.78 is 42.0. The molecule has 1 aromatic carbocycles. The Morgan fingerprint density at radius 2 is 1.78 bits per heavy atom. The molecule has 0 saturated heterocycles. The molecule has 0 fully saturated rings. The maximum absolute atomic E-state index is 12.9. The van der Waals surface area contributed by atoms with E-state index < -0.39 is 11.9 Å². The number of amides is 1. The zero-order chi connectivity index (χ0) is 26.9. The molecule has 0 saturated carbocycles. The third-order valence-electron chi connectivity index (χ3n) is 6.64. The fourth-order valence-corrected chi connectivity index (χ4v) is 4.78. The fourth-order valence-electron chi connectivity index (χ4n) is 4.78. The van der Waals surface area contributed by atoms with E-state index >= 15 is 0 Å². The van der Waals surface area contributed by atoms with E-state index in [1.54, 1.807) is 19.2 Å². The SMILES string of the molecule is CC.CC(=O)N1CCCc2c(c3ccc(-n4ccc(-c5ccc(C(F)(F)F)nc5)cc4=O)cc3n2C)C1. The summed E-state index contributed by atoms with van der Waals surface area (Å²) in [5, 5.41) is 1.06. The second kappa shape index (κ2) is 10.2. The van der Waals surface area contributed by atoms with Crippen molar-refractivity contribution in [2.75, 3.05) is 6.54 Å². The lowest BCUT2D eigenvalue weighted by molar-refractivity contribution is -0.141. The highest BCUT2D eigenvalue weighted by Crippen LogP contribution is 2.32. The van der Waals surface area contributed by atoms with Gasteiger partial charge in [0.05, 0.1) is 11.2 Å². The minimum atomic E-state index is -4.51. The van der Waals surface area contributed by atoms with Crippen LogP contribution >= 0.6 is 0 Å². The summed E-state index contributed by atoms with van der Waals surface area (Å²) in [6, 6.07) is 11.1. The van der Waals surface area contributed by atoms with Crippen molar-refractivity contribution in [3.8, 4) is 16.8 Å². The van der Waals surface area contributed by atoms with Crippen LogP contribution in [0.1, 0.15) is 44.1 Å². The third kappa shape index (κ3) is 5.03. The molecule has 1 amide bonds. The lowest BCUT2D eigenvalue weighted by Gasteiger charge is -2.18. The van der Waals surface area contributed by atoms with E-state index in [2.05, 4.69) is 9.55 Å². The second-order valence-electron chi connectivity index (χ2n) is 8.78. The standard InChI is InChI=1S/C26H23F3N4O2.C2H6/c1-16(34)32-10-3-4-22-21(15-32)20-7-6-19(13-23(20)31(22)2)33-11-9-17(12-25(33)35)18-5-8-24(30-14-18)26(27,28)29;1-2/h5-9,11-14H,3-4,10,15H2,1-2H3;1-2H3. The van der Waals surface area contributed by atoms with Gasteiger partial charge in [-0.3, -0.25) is 19.1 Å². The lowest BCUT2D eigenvalue weighted by atomic mass is 10.1. The van der Waals surface area contributed by atoms with Gasteiger partial charge in [-0.1, -0.05) is 26.0 Å². The number of aromatic nitrogens is 3. The van der Waals surface area contributed by atoms with E-state index in [4.69, 9.17) is 0 Å². The first-order valence-corrected chi connectivity index (χ1v) is 12.3. The number of carbonyl (C=O) groups excluding carboxylic acids is 1. The van der Waals surface area contributed by atoms with E-state index in [9.17, 15) is 22.8 Å². The number of aryl methyl sites for hydroxylation is 1. The highest BCUT2D eigenvalue weighted by Gasteiger charge is 2.32. The fraction of sp³-hybridized carbons (Fsp3) is 0.321. The molecule has 9 heteroatoms. The molecule has 0 unspecified atom stereocenters. The van der Waals surface area contributed by atoms with Crippen molar-refractivity contribution in [1.82, 2.24) is 19.0 Å². The van der Waals surface area contributed by atoms with E-state index in [0.29, 0.717) is 23.4 Å². The van der Waals surface area contributed by atoms with Gasteiger partial charge in [0.1, 0.15) is 5.69 Å². The summed E-state index contributed by atoms with van der Waals surface area (Å²) >= 11 is 0. The maximum Gasteiger partial charge on any atom is 0.433 e. The van der Waals surface area contributed by atoms with Crippen LogP contribution in [-0.2, 0) is 31.0 Å². The van der Waals surface area contributed by atoms with Gasteiger partial charge in [-0.05, 0) is 42.7 Å². The molecule has 0 aliphatic carbocycles. The molecule has 0 atom stereocenters. The number of hydrogen-bond acceptors (Lipinski definition) is 3. The van der Waals surface area contributed by atoms with Gasteiger partial charge in [-0.2, -0.15) is 13.2 Å². The number of carbonyl (C=O) groups is 1. The zero-order valence-corrected chi connectivity index (χ0v) is 21.3. The number of nitrogens with zero attached hydrogens (tertiary/aromatic N) is 4. The molecular formula is C28H29F3N4O2. The Balaban J connectivity index is 0.00000156. The van der Waals surface area contributed by atoms with Crippen molar-refractivity contribution in [2.45, 2.75) is 46.3 Å². The average Bonchev–Trinajstić information content (AvgIpc) is 3.02. The maximum atomic E-state index is 12.9. The molecule has 0 bridgehead atoms. The first kappa shape index (κ1) is 26.2. The van der Waals surface area contributed by atoms with E-state index in [-0.39, 0.29) is 11.5 Å². The molecular weight excluding hydrogens is 481 g/mol. The molecule has 3 aromatic heterocycles. The Labute approximate surface area is 213 Å². The molecule has 5 rings (SSSR count). The number of pyridine rings is 2. The number of alkyl halides is 3. The van der Waals surface area contributed by atoms with Crippen molar-refractivity contribution < 1.29 is 18.0 Å². The molecule has 4 aromatic rings. The van der Waals surface area contributed by atoms with Crippen LogP contribution in [0.25, 0.3) is 27.7 Å². The largest absolute Gasteiger partial charge is 0.433 e. The van der Waals surface area contributed by atoms with Gasteiger partial charge in [0.25, 0.3) is 5.56 Å². The number of rotatable bonds is 2. The number of benzene rings is 1. The summed E-state index contributed by atoms with van der Waals surface area (Å²) in [5.74, 6) is 0.0568. The van der Waals surface area contributed by atoms with Crippen LogP contribution in [0.2, 0.25) is 0 Å². The van der Waals surface area contributed by atoms with Crippen LogP contribution in [0.5, 0.6) is 0 Å². The van der Waals surface area contributed by atoms with Crippen LogP contribution < -0.4 is 5.56 Å². The summed E-state index contributed by atoms with van der Waals surface area (Å²) in [4.78, 5) is 30.3. The highest BCUT2D eigenvalue weighted by molar-refractivity contribution is 5.88. The number of halogens is 3. The summed E-state index contributed by atoms with van der Waals surface area (Å²) in [6.45, 7) is 6.89. The summed E-state index contributed by atoms with van der Waals surface area (Å²) in [7, 11) is 2.00. The van der Waals surface area contributed by atoms with Crippen LogP contribution in [0.3, 0.4) is 0 Å². The normalized spacial score (nSPS) is 13.5. The first-order chi connectivity index (χ1) is 17.6. The van der Waals surface area contributed by atoms with Gasteiger partial charge in [-0.25, -0.2) is 0 Å². The minimum Gasteiger partial charge on any atom is -0.347 e. The molecule has 4 heterocycles. The van der Waals surface area contributed by atoms with Crippen LogP contribution in [0, 0.1) is 0 Å². The van der Waals surface area contributed by atoms with Crippen LogP contribution in [0.15, 0.2) is 59.7 Å². The van der Waals surface area contributed by atoms with Crippen molar-refractivity contribution >= 4 is 16.8 Å². The number of hydrogen-bond donors (Lipinski definition) is 0. The van der Waals surface area contributed by atoms with Crippen molar-refractivity contribution in [3.05, 3.63) is 82.2 Å². The van der Waals surface area contributed by atoms with Gasteiger partial charge in [0.2, 0.25) is 5.91 Å². The van der Waals surface area contributed by atoms with Gasteiger partial charge >= 0.3 is 6.18 Å². The monoisotopic (exact) mass is 510 g/mol. The first-order valence-electron chi connectivity index (χ1n) is 12.3. The highest BCUT2D eigenvalue weighted by atomic mass is 19.4. The van der Waals surface area contributed by atoms with E-state index in [1.807, 2.05) is 44.0 Å². The Hall–Kier alpha value is -3.88. The summed E-state index contributed by atoms with van der Waals surface area (Å²) in [5.41, 5.74) is 3.62. The molecule has 1 aliphatic heterocycles. The predicted molar refractivity (Wildman–Crippen MR) is 138 cm³/mol. The predicted octanol–water partition coefficient (Wildman–Crippen LogP) is 5.73. The van der Waals surface area contributed by atoms with E-state index in [1.165, 1.54) is 22.4 Å².